The van der Waals surface area contributed by atoms with E-state index >= 15 is 0 Å². The minimum atomic E-state index is -0.625. The van der Waals surface area contributed by atoms with Crippen molar-refractivity contribution in [3.63, 3.8) is 0 Å². The van der Waals surface area contributed by atoms with Crippen molar-refractivity contribution in [2.45, 2.75) is 0 Å². The van der Waals surface area contributed by atoms with E-state index in [2.05, 4.69) is 5.32 Å². The van der Waals surface area contributed by atoms with Gasteiger partial charge in [-0.15, -0.1) is 0 Å². The molecule has 1 amide bonds. The number of amides is 1. The highest BCUT2D eigenvalue weighted by molar-refractivity contribution is 6.02. The maximum absolute atomic E-state index is 12.3. The lowest BCUT2D eigenvalue weighted by Gasteiger charge is -2.15. The topological polar surface area (TPSA) is 92.3 Å². The molecule has 0 bridgehead atoms. The molecule has 0 spiro atoms. The van der Waals surface area contributed by atoms with Gasteiger partial charge in [0.2, 0.25) is 0 Å². The molecule has 0 saturated carbocycles. The number of anilines is 1. The average Bonchev–Trinajstić information content (AvgIpc) is 2.71. The van der Waals surface area contributed by atoms with Gasteiger partial charge in [0, 0.05) is 18.2 Å². The summed E-state index contributed by atoms with van der Waals surface area (Å²) in [6.45, 7) is -0.262. The molecule has 0 unspecified atom stereocenters. The summed E-state index contributed by atoms with van der Waals surface area (Å²) < 4.78 is 25.7. The van der Waals surface area contributed by atoms with Crippen molar-refractivity contribution in [3.8, 4) is 23.0 Å². The lowest BCUT2D eigenvalue weighted by Crippen LogP contribution is -2.22. The van der Waals surface area contributed by atoms with Crippen LogP contribution in [0.4, 0.5) is 5.69 Å². The summed E-state index contributed by atoms with van der Waals surface area (Å²) in [6.07, 6.45) is 0. The summed E-state index contributed by atoms with van der Waals surface area (Å²) in [5.74, 6) is 0.693. The standard InChI is InChI=1S/C19H21NO7/c1-23-12-6-5-7-13(8-12)27-11-18(21)20-15-10-17(25-3)16(24-2)9-14(15)19(22)26-4/h5-10H,11H2,1-4H3,(H,20,21). The molecule has 0 aliphatic rings. The zero-order valence-corrected chi connectivity index (χ0v) is 15.5. The number of benzene rings is 2. The van der Waals surface area contributed by atoms with Gasteiger partial charge in [-0.1, -0.05) is 6.07 Å². The van der Waals surface area contributed by atoms with Crippen LogP contribution < -0.4 is 24.3 Å². The third-order valence-corrected chi connectivity index (χ3v) is 3.61. The second-order valence-corrected chi connectivity index (χ2v) is 5.26. The highest BCUT2D eigenvalue weighted by Gasteiger charge is 2.19. The predicted octanol–water partition coefficient (Wildman–Crippen LogP) is 2.52. The van der Waals surface area contributed by atoms with Gasteiger partial charge in [0.15, 0.2) is 18.1 Å². The van der Waals surface area contributed by atoms with Crippen molar-refractivity contribution in [1.82, 2.24) is 0 Å². The smallest absolute Gasteiger partial charge is 0.340 e. The Balaban J connectivity index is 2.16. The first kappa shape index (κ1) is 19.9. The van der Waals surface area contributed by atoms with E-state index in [1.165, 1.54) is 40.6 Å². The molecule has 8 heteroatoms. The first-order valence-corrected chi connectivity index (χ1v) is 7.93. The van der Waals surface area contributed by atoms with Gasteiger partial charge in [0.1, 0.15) is 11.5 Å². The fourth-order valence-corrected chi connectivity index (χ4v) is 2.29. The van der Waals surface area contributed by atoms with Gasteiger partial charge in [0.05, 0.1) is 39.7 Å². The Hall–Kier alpha value is -3.42. The molecule has 0 heterocycles. The summed E-state index contributed by atoms with van der Waals surface area (Å²) in [4.78, 5) is 24.3. The molecular weight excluding hydrogens is 354 g/mol. The summed E-state index contributed by atoms with van der Waals surface area (Å²) in [7, 11) is 5.68. The van der Waals surface area contributed by atoms with Crippen molar-refractivity contribution < 1.29 is 33.3 Å². The highest BCUT2D eigenvalue weighted by Crippen LogP contribution is 2.33. The van der Waals surface area contributed by atoms with E-state index < -0.39 is 11.9 Å². The number of hydrogen-bond acceptors (Lipinski definition) is 7. The van der Waals surface area contributed by atoms with Crippen LogP contribution in [-0.2, 0) is 9.53 Å². The van der Waals surface area contributed by atoms with Gasteiger partial charge in [-0.3, -0.25) is 4.79 Å². The van der Waals surface area contributed by atoms with Crippen molar-refractivity contribution in [2.24, 2.45) is 0 Å². The van der Waals surface area contributed by atoms with Crippen LogP contribution in [0.15, 0.2) is 36.4 Å². The maximum atomic E-state index is 12.3. The first-order chi connectivity index (χ1) is 13.0. The number of ether oxygens (including phenoxy) is 5. The van der Waals surface area contributed by atoms with Gasteiger partial charge in [0.25, 0.3) is 5.91 Å². The Morgan fingerprint density at radius 2 is 1.56 bits per heavy atom. The third kappa shape index (κ3) is 5.04. The second kappa shape index (κ2) is 9.33. The third-order valence-electron chi connectivity index (χ3n) is 3.61. The SMILES string of the molecule is COC(=O)c1cc(OC)c(OC)cc1NC(=O)COc1cccc(OC)c1. The number of hydrogen-bond donors (Lipinski definition) is 1. The van der Waals surface area contributed by atoms with Crippen LogP contribution in [0.5, 0.6) is 23.0 Å². The highest BCUT2D eigenvalue weighted by atomic mass is 16.5. The van der Waals surface area contributed by atoms with E-state index in [-0.39, 0.29) is 17.9 Å². The number of carbonyl (C=O) groups excluding carboxylic acids is 2. The van der Waals surface area contributed by atoms with Crippen molar-refractivity contribution in [3.05, 3.63) is 42.0 Å². The van der Waals surface area contributed by atoms with Crippen LogP contribution in [0.3, 0.4) is 0 Å². The summed E-state index contributed by atoms with van der Waals surface area (Å²) in [6, 6.07) is 9.78. The molecule has 0 aliphatic carbocycles. The Bertz CT molecular complexity index is 820. The zero-order chi connectivity index (χ0) is 19.8. The van der Waals surface area contributed by atoms with Crippen LogP contribution in [-0.4, -0.2) is 46.9 Å². The Morgan fingerprint density at radius 1 is 0.889 bits per heavy atom. The number of esters is 1. The fourth-order valence-electron chi connectivity index (χ4n) is 2.29. The Kier molecular flexibility index (Phi) is 6.87. The van der Waals surface area contributed by atoms with E-state index in [1.807, 2.05) is 0 Å². The molecule has 2 rings (SSSR count). The predicted molar refractivity (Wildman–Crippen MR) is 98.0 cm³/mol. The summed E-state index contributed by atoms with van der Waals surface area (Å²) in [5, 5.41) is 2.62. The molecule has 2 aromatic rings. The van der Waals surface area contributed by atoms with Gasteiger partial charge in [-0.05, 0) is 12.1 Å². The molecule has 8 nitrogen and oxygen atoms in total. The van der Waals surface area contributed by atoms with E-state index in [9.17, 15) is 9.59 Å². The molecule has 0 atom stereocenters. The Labute approximate surface area is 156 Å². The fraction of sp³-hybridized carbons (Fsp3) is 0.263. The number of carbonyl (C=O) groups is 2. The minimum absolute atomic E-state index is 0.130. The molecule has 27 heavy (non-hydrogen) atoms. The molecule has 0 aliphatic heterocycles. The molecule has 144 valence electrons. The maximum Gasteiger partial charge on any atom is 0.340 e. The molecule has 1 N–H and O–H groups in total. The van der Waals surface area contributed by atoms with E-state index in [0.29, 0.717) is 23.0 Å². The van der Waals surface area contributed by atoms with Gasteiger partial charge < -0.3 is 29.0 Å². The molecule has 2 aromatic carbocycles. The normalized spacial score (nSPS) is 9.93. The summed E-state index contributed by atoms with van der Waals surface area (Å²) >= 11 is 0. The lowest BCUT2D eigenvalue weighted by molar-refractivity contribution is -0.118. The molecule has 0 aromatic heterocycles. The van der Waals surface area contributed by atoms with Gasteiger partial charge in [-0.25, -0.2) is 4.79 Å². The molecular formula is C19H21NO7. The molecule has 0 fully saturated rings. The molecule has 0 radical (unpaired) electrons. The van der Waals surface area contributed by atoms with Gasteiger partial charge in [-0.2, -0.15) is 0 Å². The second-order valence-electron chi connectivity index (χ2n) is 5.26. The van der Waals surface area contributed by atoms with Gasteiger partial charge >= 0.3 is 5.97 Å². The lowest BCUT2D eigenvalue weighted by atomic mass is 10.1. The van der Waals surface area contributed by atoms with Crippen molar-refractivity contribution in [1.29, 1.82) is 0 Å². The van der Waals surface area contributed by atoms with Crippen LogP contribution in [0.2, 0.25) is 0 Å². The van der Waals surface area contributed by atoms with Crippen LogP contribution >= 0.6 is 0 Å². The number of rotatable bonds is 8. The monoisotopic (exact) mass is 375 g/mol. The Morgan fingerprint density at radius 3 is 2.19 bits per heavy atom. The van der Waals surface area contributed by atoms with E-state index in [4.69, 9.17) is 23.7 Å². The number of nitrogens with one attached hydrogen (secondary N) is 1. The van der Waals surface area contributed by atoms with E-state index in [0.717, 1.165) is 0 Å². The number of methoxy groups -OCH3 is 4. The molecule has 0 saturated heterocycles. The summed E-state index contributed by atoms with van der Waals surface area (Å²) in [5.41, 5.74) is 0.351. The van der Waals surface area contributed by atoms with Crippen molar-refractivity contribution >= 4 is 17.6 Å². The van der Waals surface area contributed by atoms with Crippen LogP contribution in [0.1, 0.15) is 10.4 Å². The zero-order valence-electron chi connectivity index (χ0n) is 15.5. The average molecular weight is 375 g/mol. The minimum Gasteiger partial charge on any atom is -0.497 e. The van der Waals surface area contributed by atoms with E-state index in [1.54, 1.807) is 24.3 Å². The quantitative estimate of drug-likeness (QED) is 0.709. The first-order valence-electron chi connectivity index (χ1n) is 7.93. The van der Waals surface area contributed by atoms with Crippen molar-refractivity contribution in [2.75, 3.05) is 40.4 Å². The van der Waals surface area contributed by atoms with Crippen LogP contribution in [0.25, 0.3) is 0 Å². The largest absolute Gasteiger partial charge is 0.497 e. The van der Waals surface area contributed by atoms with Crippen LogP contribution in [0, 0.1) is 0 Å².